The highest BCUT2D eigenvalue weighted by Crippen LogP contribution is 2.28. The molecular formula is C20H23N3O2S. The molecule has 4 rings (SSSR count). The average Bonchev–Trinajstić information content (AvgIpc) is 3.32. The van der Waals surface area contributed by atoms with Gasteiger partial charge in [0.1, 0.15) is 5.69 Å². The minimum Gasteiger partial charge on any atom is -0.388 e. The third-order valence-corrected chi connectivity index (χ3v) is 5.63. The number of thiophene rings is 1. The summed E-state index contributed by atoms with van der Waals surface area (Å²) >= 11 is 1.69. The van der Waals surface area contributed by atoms with Gasteiger partial charge in [-0.3, -0.25) is 0 Å². The summed E-state index contributed by atoms with van der Waals surface area (Å²) < 4.78 is 7.28. The van der Waals surface area contributed by atoms with Gasteiger partial charge in [0, 0.05) is 50.9 Å². The lowest BCUT2D eigenvalue weighted by Gasteiger charge is -2.32. The Morgan fingerprint density at radius 3 is 2.69 bits per heavy atom. The molecule has 1 aromatic carbocycles. The fourth-order valence-corrected chi connectivity index (χ4v) is 3.98. The molecule has 0 aliphatic carbocycles. The molecule has 0 bridgehead atoms. The molecule has 0 unspecified atom stereocenters. The molecule has 6 heteroatoms. The molecule has 0 atom stereocenters. The summed E-state index contributed by atoms with van der Waals surface area (Å²) in [5, 5.41) is 20.9. The zero-order chi connectivity index (χ0) is 17.8. The van der Waals surface area contributed by atoms with Crippen molar-refractivity contribution in [3.8, 4) is 16.3 Å². The van der Waals surface area contributed by atoms with E-state index in [-0.39, 0.29) is 0 Å². The number of para-hydroxylation sites is 1. The first-order valence-corrected chi connectivity index (χ1v) is 9.80. The number of hydrogen-bond acceptors (Lipinski definition) is 5. The van der Waals surface area contributed by atoms with Crippen LogP contribution in [-0.2, 0) is 11.3 Å². The number of ether oxygens (including phenoxy) is 1. The van der Waals surface area contributed by atoms with Crippen LogP contribution in [0.2, 0.25) is 0 Å². The second kappa shape index (κ2) is 7.72. The van der Waals surface area contributed by atoms with Crippen LogP contribution in [0.15, 0.2) is 54.0 Å². The molecule has 0 saturated carbocycles. The molecule has 1 fully saturated rings. The minimum absolute atomic E-state index is 0.566. The van der Waals surface area contributed by atoms with Crippen molar-refractivity contribution < 1.29 is 9.84 Å². The number of aliphatic hydroxyl groups is 1. The first kappa shape index (κ1) is 17.4. The number of nitrogens with one attached hydrogen (secondary N) is 1. The van der Waals surface area contributed by atoms with Gasteiger partial charge in [-0.05, 0) is 23.6 Å². The summed E-state index contributed by atoms with van der Waals surface area (Å²) in [6, 6.07) is 14.3. The predicted octanol–water partition coefficient (Wildman–Crippen LogP) is 3.23. The molecular weight excluding hydrogens is 346 g/mol. The molecule has 5 nitrogen and oxygen atoms in total. The molecule has 26 heavy (non-hydrogen) atoms. The van der Waals surface area contributed by atoms with Crippen molar-refractivity contribution in [2.24, 2.45) is 0 Å². The maximum absolute atomic E-state index is 10.6. The molecule has 1 saturated heterocycles. The molecule has 1 aliphatic heterocycles. The van der Waals surface area contributed by atoms with Crippen LogP contribution >= 0.6 is 11.3 Å². The smallest absolute Gasteiger partial charge is 0.107 e. The zero-order valence-corrected chi connectivity index (χ0v) is 15.4. The number of aromatic nitrogens is 2. The van der Waals surface area contributed by atoms with Gasteiger partial charge in [0.05, 0.1) is 16.2 Å². The van der Waals surface area contributed by atoms with E-state index in [4.69, 9.17) is 9.84 Å². The second-order valence-electron chi connectivity index (χ2n) is 6.70. The van der Waals surface area contributed by atoms with E-state index in [1.54, 1.807) is 11.3 Å². The molecule has 0 radical (unpaired) electrons. The number of nitrogens with zero attached hydrogens (tertiary/aromatic N) is 2. The average molecular weight is 369 g/mol. The highest BCUT2D eigenvalue weighted by Gasteiger charge is 2.29. The maximum Gasteiger partial charge on any atom is 0.107 e. The summed E-state index contributed by atoms with van der Waals surface area (Å²) in [5.74, 6) is 0. The Balaban J connectivity index is 1.53. The van der Waals surface area contributed by atoms with Gasteiger partial charge in [0.25, 0.3) is 0 Å². The van der Waals surface area contributed by atoms with Crippen molar-refractivity contribution in [2.45, 2.75) is 25.0 Å². The highest BCUT2D eigenvalue weighted by atomic mass is 32.1. The van der Waals surface area contributed by atoms with Gasteiger partial charge in [-0.2, -0.15) is 5.10 Å². The van der Waals surface area contributed by atoms with Gasteiger partial charge >= 0.3 is 0 Å². The predicted molar refractivity (Wildman–Crippen MR) is 104 cm³/mol. The van der Waals surface area contributed by atoms with Gasteiger partial charge in [0.15, 0.2) is 0 Å². The Kier molecular flexibility index (Phi) is 5.17. The fourth-order valence-electron chi connectivity index (χ4n) is 3.23. The molecule has 2 aromatic heterocycles. The Morgan fingerprint density at radius 2 is 1.96 bits per heavy atom. The van der Waals surface area contributed by atoms with Crippen molar-refractivity contribution in [3.63, 3.8) is 0 Å². The first-order valence-electron chi connectivity index (χ1n) is 8.92. The van der Waals surface area contributed by atoms with Crippen LogP contribution in [0.25, 0.3) is 16.3 Å². The summed E-state index contributed by atoms with van der Waals surface area (Å²) in [5.41, 5.74) is 2.50. The first-order chi connectivity index (χ1) is 12.7. The van der Waals surface area contributed by atoms with Crippen molar-refractivity contribution in [1.29, 1.82) is 0 Å². The Hall–Kier alpha value is -1.99. The van der Waals surface area contributed by atoms with Crippen LogP contribution in [0.3, 0.4) is 0 Å². The van der Waals surface area contributed by atoms with Crippen LogP contribution in [0, 0.1) is 0 Å². The van der Waals surface area contributed by atoms with Crippen LogP contribution < -0.4 is 5.32 Å². The quantitative estimate of drug-likeness (QED) is 0.700. The number of hydrogen-bond donors (Lipinski definition) is 2. The lowest BCUT2D eigenvalue weighted by Crippen LogP contribution is -2.44. The van der Waals surface area contributed by atoms with Crippen LogP contribution in [0.5, 0.6) is 0 Å². The fraction of sp³-hybridized carbons (Fsp3) is 0.350. The lowest BCUT2D eigenvalue weighted by molar-refractivity contribution is -0.0616. The van der Waals surface area contributed by atoms with Gasteiger partial charge in [0.2, 0.25) is 0 Å². The topological polar surface area (TPSA) is 59.3 Å². The van der Waals surface area contributed by atoms with Gasteiger partial charge < -0.3 is 15.2 Å². The Bertz CT molecular complexity index is 824. The summed E-state index contributed by atoms with van der Waals surface area (Å²) in [6.45, 7) is 2.50. The largest absolute Gasteiger partial charge is 0.388 e. The van der Waals surface area contributed by atoms with Crippen molar-refractivity contribution in [2.75, 3.05) is 19.8 Å². The van der Waals surface area contributed by atoms with E-state index < -0.39 is 5.60 Å². The van der Waals surface area contributed by atoms with Gasteiger partial charge in [-0.1, -0.05) is 24.3 Å². The van der Waals surface area contributed by atoms with E-state index in [2.05, 4.69) is 23.0 Å². The molecule has 136 valence electrons. The van der Waals surface area contributed by atoms with Crippen molar-refractivity contribution in [3.05, 3.63) is 59.6 Å². The van der Waals surface area contributed by atoms with E-state index in [1.807, 2.05) is 41.1 Å². The van der Waals surface area contributed by atoms with Crippen molar-refractivity contribution in [1.82, 2.24) is 15.1 Å². The minimum atomic E-state index is -0.670. The van der Waals surface area contributed by atoms with Gasteiger partial charge in [-0.15, -0.1) is 11.3 Å². The molecule has 1 aliphatic rings. The highest BCUT2D eigenvalue weighted by molar-refractivity contribution is 7.13. The molecule has 0 spiro atoms. The van der Waals surface area contributed by atoms with E-state index >= 15 is 0 Å². The molecule has 2 N–H and O–H groups in total. The monoisotopic (exact) mass is 369 g/mol. The van der Waals surface area contributed by atoms with Crippen LogP contribution in [0.1, 0.15) is 18.4 Å². The Morgan fingerprint density at radius 1 is 1.15 bits per heavy atom. The van der Waals surface area contributed by atoms with Crippen LogP contribution in [-0.4, -0.2) is 40.2 Å². The second-order valence-corrected chi connectivity index (χ2v) is 7.65. The van der Waals surface area contributed by atoms with Gasteiger partial charge in [-0.25, -0.2) is 4.68 Å². The summed E-state index contributed by atoms with van der Waals surface area (Å²) in [4.78, 5) is 1.15. The standard InChI is InChI=1S/C20H23N3O2S/c24-20(8-10-25-11-9-20)15-21-13-16-14-23(17-5-2-1-3-6-17)22-19(16)18-7-4-12-26-18/h1-7,12,14,21,24H,8-11,13,15H2. The summed E-state index contributed by atoms with van der Waals surface area (Å²) in [7, 11) is 0. The normalized spacial score (nSPS) is 16.7. The van der Waals surface area contributed by atoms with E-state index in [9.17, 15) is 5.11 Å². The van der Waals surface area contributed by atoms with E-state index in [0.29, 0.717) is 39.1 Å². The van der Waals surface area contributed by atoms with Crippen LogP contribution in [0.4, 0.5) is 0 Å². The zero-order valence-electron chi connectivity index (χ0n) is 14.6. The molecule has 3 aromatic rings. The lowest BCUT2D eigenvalue weighted by atomic mass is 9.94. The third-order valence-electron chi connectivity index (χ3n) is 4.76. The van der Waals surface area contributed by atoms with Crippen molar-refractivity contribution >= 4 is 11.3 Å². The van der Waals surface area contributed by atoms with E-state index in [1.165, 1.54) is 0 Å². The third kappa shape index (κ3) is 3.88. The summed E-state index contributed by atoms with van der Waals surface area (Å²) in [6.07, 6.45) is 3.44. The molecule has 3 heterocycles. The number of rotatable bonds is 6. The Labute approximate surface area is 157 Å². The maximum atomic E-state index is 10.6. The van der Waals surface area contributed by atoms with E-state index in [0.717, 1.165) is 21.8 Å². The molecule has 0 amide bonds. The number of benzene rings is 1. The SMILES string of the molecule is OC1(CNCc2cn(-c3ccccc3)nc2-c2cccs2)CCOCC1.